The predicted molar refractivity (Wildman–Crippen MR) is 106 cm³/mol. The van der Waals surface area contributed by atoms with Crippen LogP contribution in [0.25, 0.3) is 0 Å². The van der Waals surface area contributed by atoms with Crippen molar-refractivity contribution in [2.45, 2.75) is 19.3 Å². The van der Waals surface area contributed by atoms with Gasteiger partial charge in [-0.25, -0.2) is 9.37 Å². The van der Waals surface area contributed by atoms with Crippen LogP contribution in [0.1, 0.15) is 27.3 Å². The zero-order valence-corrected chi connectivity index (χ0v) is 16.8. The van der Waals surface area contributed by atoms with Crippen LogP contribution in [0.3, 0.4) is 0 Å². The van der Waals surface area contributed by atoms with Crippen LogP contribution in [0.2, 0.25) is 0 Å². The Morgan fingerprint density at radius 2 is 1.84 bits per heavy atom. The van der Waals surface area contributed by atoms with Crippen molar-refractivity contribution in [3.05, 3.63) is 89.3 Å². The molecule has 1 amide bonds. The molecule has 0 saturated carbocycles. The quantitative estimate of drug-likeness (QED) is 0.494. The van der Waals surface area contributed by atoms with Crippen LogP contribution in [0, 0.1) is 5.82 Å². The molecular formula is C22H21F4N3O2. The summed E-state index contributed by atoms with van der Waals surface area (Å²) in [6, 6.07) is 10.5. The van der Waals surface area contributed by atoms with Gasteiger partial charge in [-0.05, 0) is 35.9 Å². The summed E-state index contributed by atoms with van der Waals surface area (Å²) in [6.45, 7) is 0.498. The zero-order chi connectivity index (χ0) is 22.4. The number of rotatable bonds is 8. The molecule has 0 aliphatic carbocycles. The van der Waals surface area contributed by atoms with Crippen molar-refractivity contribution in [1.82, 2.24) is 14.5 Å². The molecule has 0 atom stereocenters. The summed E-state index contributed by atoms with van der Waals surface area (Å²) in [5.74, 6) is -0.398. The van der Waals surface area contributed by atoms with E-state index >= 15 is 0 Å². The maximum Gasteiger partial charge on any atom is 0.416 e. The number of halogens is 4. The summed E-state index contributed by atoms with van der Waals surface area (Å²) in [7, 11) is 1.50. The molecule has 3 rings (SSSR count). The number of carbonyl (C=O) groups excluding carboxylic acids is 1. The molecule has 0 radical (unpaired) electrons. The van der Waals surface area contributed by atoms with Crippen LogP contribution >= 0.6 is 0 Å². The van der Waals surface area contributed by atoms with Crippen molar-refractivity contribution < 1.29 is 27.1 Å². The molecule has 5 nitrogen and oxygen atoms in total. The van der Waals surface area contributed by atoms with Gasteiger partial charge in [-0.15, -0.1) is 0 Å². The van der Waals surface area contributed by atoms with E-state index in [1.165, 1.54) is 54.6 Å². The number of methoxy groups -OCH3 is 1. The lowest BCUT2D eigenvalue weighted by atomic mass is 10.1. The van der Waals surface area contributed by atoms with Gasteiger partial charge < -0.3 is 14.2 Å². The fraction of sp³-hybridized carbons (Fsp3) is 0.273. The fourth-order valence-electron chi connectivity index (χ4n) is 3.15. The van der Waals surface area contributed by atoms with Gasteiger partial charge in [0.25, 0.3) is 5.91 Å². The van der Waals surface area contributed by atoms with Crippen molar-refractivity contribution >= 4 is 5.91 Å². The van der Waals surface area contributed by atoms with E-state index in [2.05, 4.69) is 4.98 Å². The number of hydrogen-bond acceptors (Lipinski definition) is 3. The van der Waals surface area contributed by atoms with E-state index in [4.69, 9.17) is 4.74 Å². The first-order chi connectivity index (χ1) is 14.8. The van der Waals surface area contributed by atoms with Crippen LogP contribution in [0.15, 0.2) is 60.9 Å². The van der Waals surface area contributed by atoms with Crippen molar-refractivity contribution in [2.75, 3.05) is 20.3 Å². The van der Waals surface area contributed by atoms with Crippen molar-refractivity contribution in [3.8, 4) is 0 Å². The minimum atomic E-state index is -4.47. The van der Waals surface area contributed by atoms with E-state index in [0.717, 1.165) is 6.07 Å². The van der Waals surface area contributed by atoms with E-state index in [1.807, 2.05) is 0 Å². The summed E-state index contributed by atoms with van der Waals surface area (Å²) >= 11 is 0. The Kier molecular flexibility index (Phi) is 7.06. The number of alkyl halides is 3. The second kappa shape index (κ2) is 9.74. The Bertz CT molecular complexity index is 1020. The van der Waals surface area contributed by atoms with Gasteiger partial charge in [0.1, 0.15) is 11.6 Å². The highest BCUT2D eigenvalue weighted by Gasteiger charge is 2.33. The lowest BCUT2D eigenvalue weighted by molar-refractivity contribution is -0.138. The Morgan fingerprint density at radius 3 is 2.52 bits per heavy atom. The number of benzene rings is 2. The Labute approximate surface area is 176 Å². The zero-order valence-electron chi connectivity index (χ0n) is 16.8. The van der Waals surface area contributed by atoms with E-state index in [1.54, 1.807) is 16.8 Å². The first-order valence-corrected chi connectivity index (χ1v) is 9.48. The molecule has 1 aromatic heterocycles. The summed E-state index contributed by atoms with van der Waals surface area (Å²) in [4.78, 5) is 18.6. The molecule has 0 unspecified atom stereocenters. The number of aromatic nitrogens is 2. The molecule has 3 aromatic rings. The molecule has 9 heteroatoms. The number of imidazole rings is 1. The Balaban J connectivity index is 1.84. The minimum Gasteiger partial charge on any atom is -0.383 e. The maximum atomic E-state index is 13.3. The highest BCUT2D eigenvalue weighted by molar-refractivity contribution is 5.94. The second-order valence-electron chi connectivity index (χ2n) is 6.85. The molecule has 164 valence electrons. The number of nitrogens with zero attached hydrogens (tertiary/aromatic N) is 3. The van der Waals surface area contributed by atoms with E-state index in [0.29, 0.717) is 5.82 Å². The topological polar surface area (TPSA) is 47.4 Å². The van der Waals surface area contributed by atoms with Crippen LogP contribution in [-0.4, -0.2) is 40.6 Å². The van der Waals surface area contributed by atoms with Gasteiger partial charge in [-0.2, -0.15) is 13.2 Å². The maximum absolute atomic E-state index is 13.3. The molecule has 0 N–H and O–H groups in total. The average Bonchev–Trinajstić information content (AvgIpc) is 3.17. The molecule has 0 aliphatic rings. The number of amides is 1. The van der Waals surface area contributed by atoms with Gasteiger partial charge in [-0.3, -0.25) is 4.79 Å². The molecule has 0 aliphatic heterocycles. The van der Waals surface area contributed by atoms with Crippen molar-refractivity contribution in [3.63, 3.8) is 0 Å². The standard InChI is InChI=1S/C22H21F4N3O2/c1-31-13-12-29(21(30)16-6-8-18(23)9-7-16)15-20-27-10-11-28(20)14-17-4-2-3-5-19(17)22(24,25)26/h2-11H,12-15H2,1H3. The smallest absolute Gasteiger partial charge is 0.383 e. The van der Waals surface area contributed by atoms with Gasteiger partial charge in [0.05, 0.1) is 18.7 Å². The summed E-state index contributed by atoms with van der Waals surface area (Å²) in [5.41, 5.74) is -0.325. The first-order valence-electron chi connectivity index (χ1n) is 9.48. The molecule has 0 fully saturated rings. The van der Waals surface area contributed by atoms with E-state index in [-0.39, 0.29) is 43.3 Å². The Hall–Kier alpha value is -3.20. The molecular weight excluding hydrogens is 414 g/mol. The highest BCUT2D eigenvalue weighted by atomic mass is 19.4. The molecule has 2 aromatic carbocycles. The van der Waals surface area contributed by atoms with Crippen LogP contribution in [0.4, 0.5) is 17.6 Å². The van der Waals surface area contributed by atoms with Crippen molar-refractivity contribution in [2.24, 2.45) is 0 Å². The SMILES string of the molecule is COCCN(Cc1nccn1Cc1ccccc1C(F)(F)F)C(=O)c1ccc(F)cc1. The molecule has 0 bridgehead atoms. The van der Waals surface area contributed by atoms with Crippen LogP contribution in [-0.2, 0) is 24.0 Å². The molecule has 1 heterocycles. The second-order valence-corrected chi connectivity index (χ2v) is 6.85. The third-order valence-corrected chi connectivity index (χ3v) is 4.74. The normalized spacial score (nSPS) is 11.5. The average molecular weight is 435 g/mol. The van der Waals surface area contributed by atoms with Gasteiger partial charge in [0.2, 0.25) is 0 Å². The van der Waals surface area contributed by atoms with E-state index in [9.17, 15) is 22.4 Å². The largest absolute Gasteiger partial charge is 0.416 e. The lowest BCUT2D eigenvalue weighted by Gasteiger charge is -2.23. The third kappa shape index (κ3) is 5.69. The number of ether oxygens (including phenoxy) is 1. The molecule has 0 spiro atoms. The lowest BCUT2D eigenvalue weighted by Crippen LogP contribution is -2.34. The summed E-state index contributed by atoms with van der Waals surface area (Å²) in [6.07, 6.45) is -1.43. The molecule has 0 saturated heterocycles. The summed E-state index contributed by atoms with van der Waals surface area (Å²) in [5, 5.41) is 0. The predicted octanol–water partition coefficient (Wildman–Crippen LogP) is 4.38. The first kappa shape index (κ1) is 22.5. The molecule has 31 heavy (non-hydrogen) atoms. The van der Waals surface area contributed by atoms with E-state index < -0.39 is 17.6 Å². The van der Waals surface area contributed by atoms with Gasteiger partial charge in [0.15, 0.2) is 0 Å². The van der Waals surface area contributed by atoms with Gasteiger partial charge in [0, 0.05) is 38.2 Å². The third-order valence-electron chi connectivity index (χ3n) is 4.74. The minimum absolute atomic E-state index is 0.0477. The Morgan fingerprint density at radius 1 is 1.13 bits per heavy atom. The fourth-order valence-corrected chi connectivity index (χ4v) is 3.15. The van der Waals surface area contributed by atoms with Gasteiger partial charge in [-0.1, -0.05) is 18.2 Å². The number of hydrogen-bond donors (Lipinski definition) is 0. The monoisotopic (exact) mass is 435 g/mol. The van der Waals surface area contributed by atoms with Crippen molar-refractivity contribution in [1.29, 1.82) is 0 Å². The highest BCUT2D eigenvalue weighted by Crippen LogP contribution is 2.32. The van der Waals surface area contributed by atoms with Crippen LogP contribution in [0.5, 0.6) is 0 Å². The number of carbonyl (C=O) groups is 1. The van der Waals surface area contributed by atoms with Crippen LogP contribution < -0.4 is 0 Å². The van der Waals surface area contributed by atoms with Gasteiger partial charge >= 0.3 is 6.18 Å². The summed E-state index contributed by atoms with van der Waals surface area (Å²) < 4.78 is 59.8.